The molecule has 2 amide bonds. The molecule has 0 unspecified atom stereocenters. The summed E-state index contributed by atoms with van der Waals surface area (Å²) in [4.78, 5) is 21.3. The number of benzene rings is 1. The summed E-state index contributed by atoms with van der Waals surface area (Å²) in [7, 11) is 2.14. The van der Waals surface area contributed by atoms with E-state index in [0.717, 1.165) is 48.8 Å². The Hall–Kier alpha value is -3.39. The lowest BCUT2D eigenvalue weighted by molar-refractivity contribution is 0.240. The van der Waals surface area contributed by atoms with Crippen molar-refractivity contribution in [2.24, 2.45) is 0 Å². The molecular weight excluding hydrogens is 378 g/mol. The number of para-hydroxylation sites is 1. The van der Waals surface area contributed by atoms with E-state index in [1.165, 1.54) is 0 Å². The molecule has 2 N–H and O–H groups in total. The zero-order valence-electron chi connectivity index (χ0n) is 17.2. The number of likely N-dealkylation sites (N-methyl/N-ethyl adjacent to an activating group) is 1. The van der Waals surface area contributed by atoms with Crippen molar-refractivity contribution in [2.75, 3.05) is 38.1 Å². The molecular formula is C22H27N7O. The third-order valence-electron chi connectivity index (χ3n) is 5.20. The molecule has 0 radical (unpaired) electrons. The second-order valence-corrected chi connectivity index (χ2v) is 7.48. The number of pyridine rings is 1. The van der Waals surface area contributed by atoms with Crippen molar-refractivity contribution in [1.29, 1.82) is 0 Å². The summed E-state index contributed by atoms with van der Waals surface area (Å²) in [5.41, 5.74) is 2.96. The average Bonchev–Trinajstić information content (AvgIpc) is 3.27. The Kier molecular flexibility index (Phi) is 6.24. The van der Waals surface area contributed by atoms with Gasteiger partial charge in [0.25, 0.3) is 0 Å². The molecule has 1 aliphatic rings. The summed E-state index contributed by atoms with van der Waals surface area (Å²) >= 11 is 0. The summed E-state index contributed by atoms with van der Waals surface area (Å²) in [5.74, 6) is 0.969. The van der Waals surface area contributed by atoms with E-state index < -0.39 is 0 Å². The van der Waals surface area contributed by atoms with Gasteiger partial charge in [-0.15, -0.1) is 0 Å². The molecule has 3 aromatic rings. The molecule has 0 spiro atoms. The number of rotatable bonds is 6. The van der Waals surface area contributed by atoms with E-state index in [2.05, 4.69) is 43.6 Å². The van der Waals surface area contributed by atoms with Crippen molar-refractivity contribution >= 4 is 11.8 Å². The van der Waals surface area contributed by atoms with E-state index in [0.29, 0.717) is 13.1 Å². The Morgan fingerprint density at radius 1 is 1.00 bits per heavy atom. The molecule has 1 aliphatic heterocycles. The minimum absolute atomic E-state index is 0.208. The Bertz CT molecular complexity index is 964. The predicted molar refractivity (Wildman–Crippen MR) is 117 cm³/mol. The first-order chi connectivity index (χ1) is 14.7. The van der Waals surface area contributed by atoms with Gasteiger partial charge in [0.2, 0.25) is 0 Å². The molecule has 8 nitrogen and oxygen atoms in total. The molecule has 0 saturated carbocycles. The smallest absolute Gasteiger partial charge is 0.315 e. The van der Waals surface area contributed by atoms with Gasteiger partial charge in [-0.3, -0.25) is 0 Å². The summed E-state index contributed by atoms with van der Waals surface area (Å²) in [6.07, 6.45) is 5.49. The fourth-order valence-corrected chi connectivity index (χ4v) is 3.38. The van der Waals surface area contributed by atoms with Gasteiger partial charge in [-0.2, -0.15) is 5.10 Å². The van der Waals surface area contributed by atoms with Crippen molar-refractivity contribution in [3.05, 3.63) is 72.2 Å². The number of piperazine rings is 1. The van der Waals surface area contributed by atoms with Crippen LogP contribution in [0.15, 0.2) is 61.1 Å². The highest BCUT2D eigenvalue weighted by Crippen LogP contribution is 2.14. The first-order valence-corrected chi connectivity index (χ1v) is 10.2. The van der Waals surface area contributed by atoms with Gasteiger partial charge in [-0.1, -0.05) is 18.2 Å². The van der Waals surface area contributed by atoms with Crippen LogP contribution in [-0.2, 0) is 13.1 Å². The number of urea groups is 1. The number of anilines is 1. The third-order valence-corrected chi connectivity index (χ3v) is 5.20. The Morgan fingerprint density at radius 2 is 1.73 bits per heavy atom. The molecule has 2 aromatic heterocycles. The topological polar surface area (TPSA) is 78.3 Å². The lowest BCUT2D eigenvalue weighted by Gasteiger charge is -2.33. The van der Waals surface area contributed by atoms with E-state index >= 15 is 0 Å². The second-order valence-electron chi connectivity index (χ2n) is 7.48. The van der Waals surface area contributed by atoms with Gasteiger partial charge in [0.15, 0.2) is 0 Å². The Labute approximate surface area is 176 Å². The van der Waals surface area contributed by atoms with Crippen LogP contribution in [0.5, 0.6) is 0 Å². The van der Waals surface area contributed by atoms with Gasteiger partial charge in [0, 0.05) is 57.2 Å². The van der Waals surface area contributed by atoms with E-state index in [1.807, 2.05) is 42.6 Å². The number of hydrogen-bond acceptors (Lipinski definition) is 5. The van der Waals surface area contributed by atoms with Crippen LogP contribution in [0.25, 0.3) is 5.69 Å². The highest BCUT2D eigenvalue weighted by atomic mass is 16.2. The molecule has 156 valence electrons. The monoisotopic (exact) mass is 405 g/mol. The first kappa shape index (κ1) is 19.9. The summed E-state index contributed by atoms with van der Waals surface area (Å²) in [5, 5.41) is 10.1. The predicted octanol–water partition coefficient (Wildman–Crippen LogP) is 2.02. The Morgan fingerprint density at radius 3 is 2.50 bits per heavy atom. The molecule has 0 aliphatic carbocycles. The molecule has 1 saturated heterocycles. The number of nitrogens with one attached hydrogen (secondary N) is 2. The van der Waals surface area contributed by atoms with Gasteiger partial charge in [-0.25, -0.2) is 14.5 Å². The number of aromatic nitrogens is 3. The minimum atomic E-state index is -0.208. The van der Waals surface area contributed by atoms with Crippen LogP contribution in [-0.4, -0.2) is 58.9 Å². The molecule has 30 heavy (non-hydrogen) atoms. The highest BCUT2D eigenvalue weighted by molar-refractivity contribution is 5.73. The molecule has 4 rings (SSSR count). The van der Waals surface area contributed by atoms with E-state index in [1.54, 1.807) is 17.1 Å². The molecule has 0 atom stereocenters. The van der Waals surface area contributed by atoms with Crippen LogP contribution in [0.4, 0.5) is 10.6 Å². The highest BCUT2D eigenvalue weighted by Gasteiger charge is 2.15. The maximum atomic E-state index is 12.2. The normalized spacial score (nSPS) is 14.5. The molecule has 8 heteroatoms. The summed E-state index contributed by atoms with van der Waals surface area (Å²) in [6, 6.07) is 13.7. The van der Waals surface area contributed by atoms with Crippen LogP contribution in [0, 0.1) is 0 Å². The quantitative estimate of drug-likeness (QED) is 0.656. The van der Waals surface area contributed by atoms with Crippen molar-refractivity contribution in [3.8, 4) is 5.69 Å². The van der Waals surface area contributed by atoms with Crippen molar-refractivity contribution < 1.29 is 4.79 Å². The van der Waals surface area contributed by atoms with E-state index in [-0.39, 0.29) is 6.03 Å². The first-order valence-electron chi connectivity index (χ1n) is 10.2. The molecule has 1 fully saturated rings. The SMILES string of the molecule is CN1CCN(c2cc(CNC(=O)NCc3cnn(-c4ccccc4)c3)ccn2)CC1. The minimum Gasteiger partial charge on any atom is -0.354 e. The second kappa shape index (κ2) is 9.41. The third kappa shape index (κ3) is 5.15. The number of hydrogen-bond donors (Lipinski definition) is 2. The zero-order chi connectivity index (χ0) is 20.8. The van der Waals surface area contributed by atoms with Crippen LogP contribution in [0.2, 0.25) is 0 Å². The fraction of sp³-hybridized carbons (Fsp3) is 0.318. The van der Waals surface area contributed by atoms with Crippen LogP contribution in [0.1, 0.15) is 11.1 Å². The van der Waals surface area contributed by atoms with Gasteiger partial charge < -0.3 is 20.4 Å². The summed E-state index contributed by atoms with van der Waals surface area (Å²) < 4.78 is 1.80. The number of carbonyl (C=O) groups excluding carboxylic acids is 1. The van der Waals surface area contributed by atoms with Crippen molar-refractivity contribution in [2.45, 2.75) is 13.1 Å². The van der Waals surface area contributed by atoms with E-state index in [4.69, 9.17) is 0 Å². The average molecular weight is 406 g/mol. The number of amides is 2. The lowest BCUT2D eigenvalue weighted by Crippen LogP contribution is -2.44. The maximum Gasteiger partial charge on any atom is 0.315 e. The lowest BCUT2D eigenvalue weighted by atomic mass is 10.2. The van der Waals surface area contributed by atoms with Crippen LogP contribution < -0.4 is 15.5 Å². The maximum absolute atomic E-state index is 12.2. The fourth-order valence-electron chi connectivity index (χ4n) is 3.38. The largest absolute Gasteiger partial charge is 0.354 e. The molecule has 1 aromatic carbocycles. The van der Waals surface area contributed by atoms with Crippen LogP contribution in [0.3, 0.4) is 0 Å². The molecule has 3 heterocycles. The van der Waals surface area contributed by atoms with Crippen LogP contribution >= 0.6 is 0 Å². The van der Waals surface area contributed by atoms with Gasteiger partial charge >= 0.3 is 6.03 Å². The number of carbonyl (C=O) groups is 1. The Balaban J connectivity index is 1.25. The summed E-state index contributed by atoms with van der Waals surface area (Å²) in [6.45, 7) is 4.88. The zero-order valence-corrected chi connectivity index (χ0v) is 17.2. The van der Waals surface area contributed by atoms with Crippen molar-refractivity contribution in [1.82, 2.24) is 30.3 Å². The standard InChI is InChI=1S/C22H27N7O/c1-27-9-11-28(12-10-27)21-13-18(7-8-23-21)14-24-22(30)25-15-19-16-26-29(17-19)20-5-3-2-4-6-20/h2-8,13,16-17H,9-12,14-15H2,1H3,(H2,24,25,30). The van der Waals surface area contributed by atoms with Crippen molar-refractivity contribution in [3.63, 3.8) is 0 Å². The number of nitrogens with zero attached hydrogens (tertiary/aromatic N) is 5. The van der Waals surface area contributed by atoms with E-state index in [9.17, 15) is 4.79 Å². The van der Waals surface area contributed by atoms with Gasteiger partial charge in [-0.05, 0) is 36.9 Å². The molecule has 0 bridgehead atoms. The van der Waals surface area contributed by atoms with Gasteiger partial charge in [0.1, 0.15) is 5.82 Å². The van der Waals surface area contributed by atoms with Gasteiger partial charge in [0.05, 0.1) is 11.9 Å².